The second-order valence-electron chi connectivity index (χ2n) is 8.04. The quantitative estimate of drug-likeness (QED) is 0.872. The van der Waals surface area contributed by atoms with Crippen LogP contribution in [0.5, 0.6) is 0 Å². The van der Waals surface area contributed by atoms with Crippen LogP contribution < -0.4 is 0 Å². The summed E-state index contributed by atoms with van der Waals surface area (Å²) < 4.78 is 0. The van der Waals surface area contributed by atoms with Gasteiger partial charge in [-0.25, -0.2) is 0 Å². The summed E-state index contributed by atoms with van der Waals surface area (Å²) in [6.07, 6.45) is 3.79. The van der Waals surface area contributed by atoms with Crippen LogP contribution in [0.25, 0.3) is 0 Å². The molecule has 26 heavy (non-hydrogen) atoms. The van der Waals surface area contributed by atoms with Gasteiger partial charge in [0, 0.05) is 38.8 Å². The lowest BCUT2D eigenvalue weighted by Gasteiger charge is -2.41. The molecule has 1 aromatic carbocycles. The molecule has 0 bridgehead atoms. The molecule has 0 saturated carbocycles. The Balaban J connectivity index is 1.41. The minimum atomic E-state index is -0.114. The van der Waals surface area contributed by atoms with E-state index in [4.69, 9.17) is 0 Å². The lowest BCUT2D eigenvalue weighted by Crippen LogP contribution is -2.50. The first-order valence-electron chi connectivity index (χ1n) is 9.95. The fourth-order valence-corrected chi connectivity index (χ4v) is 4.12. The zero-order chi connectivity index (χ0) is 18.5. The molecule has 2 aliphatic rings. The molecule has 5 nitrogen and oxygen atoms in total. The van der Waals surface area contributed by atoms with Crippen molar-refractivity contribution >= 4 is 5.91 Å². The number of aryl methyl sites for hydroxylation is 1. The maximum atomic E-state index is 12.6. The lowest BCUT2D eigenvalue weighted by molar-refractivity contribution is -0.133. The van der Waals surface area contributed by atoms with Crippen LogP contribution in [0.4, 0.5) is 0 Å². The van der Waals surface area contributed by atoms with Crippen molar-refractivity contribution in [1.29, 1.82) is 0 Å². The molecule has 0 unspecified atom stereocenters. The van der Waals surface area contributed by atoms with Crippen molar-refractivity contribution in [2.75, 3.05) is 39.8 Å². The van der Waals surface area contributed by atoms with Gasteiger partial charge in [0.15, 0.2) is 0 Å². The summed E-state index contributed by atoms with van der Waals surface area (Å²) in [5.74, 6) is 0.243. The second kappa shape index (κ2) is 8.98. The van der Waals surface area contributed by atoms with Crippen LogP contribution in [0, 0.1) is 6.92 Å². The van der Waals surface area contributed by atoms with Crippen molar-refractivity contribution in [2.45, 2.75) is 51.3 Å². The monoisotopic (exact) mass is 359 g/mol. The van der Waals surface area contributed by atoms with Gasteiger partial charge in [0.1, 0.15) is 0 Å². The van der Waals surface area contributed by atoms with E-state index in [1.807, 2.05) is 11.9 Å². The van der Waals surface area contributed by atoms with Gasteiger partial charge in [-0.1, -0.05) is 29.8 Å². The number of hydrogen-bond acceptors (Lipinski definition) is 4. The zero-order valence-corrected chi connectivity index (χ0v) is 16.2. The molecule has 5 heteroatoms. The van der Waals surface area contributed by atoms with E-state index in [2.05, 4.69) is 41.0 Å². The van der Waals surface area contributed by atoms with Crippen LogP contribution in [0.1, 0.15) is 36.8 Å². The molecular weight excluding hydrogens is 326 g/mol. The van der Waals surface area contributed by atoms with Crippen molar-refractivity contribution in [2.24, 2.45) is 0 Å². The highest BCUT2D eigenvalue weighted by Gasteiger charge is 2.29. The predicted molar refractivity (Wildman–Crippen MR) is 104 cm³/mol. The summed E-state index contributed by atoms with van der Waals surface area (Å²) in [5, 5.41) is 9.66. The van der Waals surface area contributed by atoms with E-state index in [1.54, 1.807) is 0 Å². The molecule has 3 rings (SSSR count). The van der Waals surface area contributed by atoms with Crippen LogP contribution in [-0.4, -0.2) is 77.6 Å². The zero-order valence-electron chi connectivity index (χ0n) is 16.2. The number of hydrogen-bond donors (Lipinski definition) is 1. The lowest BCUT2D eigenvalue weighted by atomic mass is 9.99. The van der Waals surface area contributed by atoms with Gasteiger partial charge in [-0.2, -0.15) is 0 Å². The van der Waals surface area contributed by atoms with Gasteiger partial charge in [-0.3, -0.25) is 9.69 Å². The van der Waals surface area contributed by atoms with Crippen LogP contribution >= 0.6 is 0 Å². The van der Waals surface area contributed by atoms with Crippen molar-refractivity contribution in [3.63, 3.8) is 0 Å². The van der Waals surface area contributed by atoms with Gasteiger partial charge in [0.2, 0.25) is 5.91 Å². The highest BCUT2D eigenvalue weighted by Crippen LogP contribution is 2.21. The van der Waals surface area contributed by atoms with E-state index in [0.717, 1.165) is 58.4 Å². The molecule has 0 spiro atoms. The molecule has 2 fully saturated rings. The third-order valence-corrected chi connectivity index (χ3v) is 5.81. The van der Waals surface area contributed by atoms with Gasteiger partial charge in [0.05, 0.1) is 12.6 Å². The Hall–Kier alpha value is -1.43. The smallest absolute Gasteiger partial charge is 0.236 e. The largest absolute Gasteiger partial charge is 0.393 e. The molecule has 0 aromatic heterocycles. The summed E-state index contributed by atoms with van der Waals surface area (Å²) in [7, 11) is 2.02. The summed E-state index contributed by atoms with van der Waals surface area (Å²) in [6.45, 7) is 7.10. The number of nitrogens with zero attached hydrogens (tertiary/aromatic N) is 3. The number of likely N-dealkylation sites (tertiary alicyclic amines) is 2. The Morgan fingerprint density at radius 3 is 2.31 bits per heavy atom. The van der Waals surface area contributed by atoms with E-state index in [9.17, 15) is 9.90 Å². The van der Waals surface area contributed by atoms with Crippen LogP contribution in [-0.2, 0) is 11.3 Å². The first-order chi connectivity index (χ1) is 12.5. The van der Waals surface area contributed by atoms with Crippen molar-refractivity contribution in [3.8, 4) is 0 Å². The number of piperidine rings is 2. The van der Waals surface area contributed by atoms with Gasteiger partial charge in [-0.05, 0) is 45.2 Å². The van der Waals surface area contributed by atoms with Crippen LogP contribution in [0.3, 0.4) is 0 Å². The predicted octanol–water partition coefficient (Wildman–Crippen LogP) is 1.87. The highest BCUT2D eigenvalue weighted by molar-refractivity contribution is 5.78. The minimum Gasteiger partial charge on any atom is -0.393 e. The fourth-order valence-electron chi connectivity index (χ4n) is 4.12. The Morgan fingerprint density at radius 1 is 1.08 bits per heavy atom. The van der Waals surface area contributed by atoms with Crippen LogP contribution in [0.2, 0.25) is 0 Å². The second-order valence-corrected chi connectivity index (χ2v) is 8.04. The third kappa shape index (κ3) is 5.29. The maximum absolute atomic E-state index is 12.6. The van der Waals surface area contributed by atoms with E-state index >= 15 is 0 Å². The molecule has 2 saturated heterocycles. The molecule has 0 radical (unpaired) electrons. The molecule has 1 N–H and O–H groups in total. The molecule has 1 aromatic rings. The van der Waals surface area contributed by atoms with Crippen molar-refractivity contribution in [1.82, 2.24) is 14.7 Å². The number of benzene rings is 1. The SMILES string of the molecule is Cc1ccc(CN(C)CC(=O)N2CCC(N3CCC(O)CC3)CC2)cc1. The first-order valence-corrected chi connectivity index (χ1v) is 9.95. The van der Waals surface area contributed by atoms with Crippen LogP contribution in [0.15, 0.2) is 24.3 Å². The molecule has 2 aliphatic heterocycles. The van der Waals surface area contributed by atoms with E-state index in [-0.39, 0.29) is 12.0 Å². The Kier molecular flexibility index (Phi) is 6.68. The number of carbonyl (C=O) groups is 1. The number of rotatable bonds is 5. The number of amides is 1. The standard InChI is InChI=1S/C21H33N3O2/c1-17-3-5-18(6-4-17)15-22(2)16-21(26)24-11-7-19(8-12-24)23-13-9-20(25)10-14-23/h3-6,19-20,25H,7-16H2,1-2H3. The van der Waals surface area contributed by atoms with E-state index < -0.39 is 0 Å². The Morgan fingerprint density at radius 2 is 1.69 bits per heavy atom. The van der Waals surface area contributed by atoms with E-state index in [0.29, 0.717) is 12.6 Å². The van der Waals surface area contributed by atoms with Gasteiger partial charge < -0.3 is 14.9 Å². The molecular formula is C21H33N3O2. The van der Waals surface area contributed by atoms with Gasteiger partial charge in [-0.15, -0.1) is 0 Å². The summed E-state index contributed by atoms with van der Waals surface area (Å²) in [4.78, 5) is 19.3. The summed E-state index contributed by atoms with van der Waals surface area (Å²) in [6, 6.07) is 9.09. The minimum absolute atomic E-state index is 0.114. The Labute approximate surface area is 157 Å². The average molecular weight is 360 g/mol. The molecule has 2 heterocycles. The number of likely N-dealkylation sites (N-methyl/N-ethyl adjacent to an activating group) is 1. The fraction of sp³-hybridized carbons (Fsp3) is 0.667. The molecule has 144 valence electrons. The summed E-state index contributed by atoms with van der Waals surface area (Å²) in [5.41, 5.74) is 2.51. The number of carbonyl (C=O) groups excluding carboxylic acids is 1. The van der Waals surface area contributed by atoms with Gasteiger partial charge >= 0.3 is 0 Å². The van der Waals surface area contributed by atoms with Crippen molar-refractivity contribution < 1.29 is 9.90 Å². The molecule has 0 aliphatic carbocycles. The maximum Gasteiger partial charge on any atom is 0.236 e. The van der Waals surface area contributed by atoms with E-state index in [1.165, 1.54) is 11.1 Å². The number of aliphatic hydroxyl groups excluding tert-OH is 1. The summed E-state index contributed by atoms with van der Waals surface area (Å²) >= 11 is 0. The van der Waals surface area contributed by atoms with Crippen molar-refractivity contribution in [3.05, 3.63) is 35.4 Å². The molecule has 0 atom stereocenters. The van der Waals surface area contributed by atoms with Gasteiger partial charge in [0.25, 0.3) is 0 Å². The first kappa shape index (κ1) is 19.3. The Bertz CT molecular complexity index is 573. The average Bonchev–Trinajstić information content (AvgIpc) is 2.64. The highest BCUT2D eigenvalue weighted by atomic mass is 16.3. The topological polar surface area (TPSA) is 47.0 Å². The number of aliphatic hydroxyl groups is 1. The molecule has 1 amide bonds. The normalized spacial score (nSPS) is 20.7. The third-order valence-electron chi connectivity index (χ3n) is 5.81.